The number of nitrogens with one attached hydrogen (secondary N) is 1. The van der Waals surface area contributed by atoms with Gasteiger partial charge < -0.3 is 15.0 Å². The number of amides is 1. The zero-order chi connectivity index (χ0) is 21.7. The fourth-order valence-corrected chi connectivity index (χ4v) is 4.46. The van der Waals surface area contributed by atoms with E-state index in [0.717, 1.165) is 41.9 Å². The van der Waals surface area contributed by atoms with Crippen LogP contribution in [-0.2, 0) is 18.3 Å². The second-order valence-electron chi connectivity index (χ2n) is 8.25. The molecule has 5 rings (SSSR count). The molecular weight excluding hydrogens is 395 g/mol. The van der Waals surface area contributed by atoms with Crippen molar-refractivity contribution >= 4 is 23.0 Å². The molecule has 0 saturated heterocycles. The number of anilines is 3. The van der Waals surface area contributed by atoms with Crippen molar-refractivity contribution in [1.82, 2.24) is 9.78 Å². The zero-order valence-electron chi connectivity index (χ0n) is 17.9. The number of rotatable bonds is 3. The minimum Gasteiger partial charge on any atom is -0.476 e. The van der Waals surface area contributed by atoms with Gasteiger partial charge in [0.1, 0.15) is 6.17 Å². The second kappa shape index (κ2) is 7.41. The quantitative estimate of drug-likeness (QED) is 0.653. The first-order chi connectivity index (χ1) is 14.9. The molecule has 0 radical (unpaired) electrons. The van der Waals surface area contributed by atoms with Crippen LogP contribution in [0.15, 0.2) is 42.7 Å². The maximum atomic E-state index is 14.7. The van der Waals surface area contributed by atoms with Crippen LogP contribution in [0.4, 0.5) is 21.5 Å². The van der Waals surface area contributed by atoms with E-state index >= 15 is 0 Å². The molecule has 7 heteroatoms. The molecule has 2 aliphatic heterocycles. The predicted octanol–water partition coefficient (Wildman–Crippen LogP) is 4.92. The fourth-order valence-electron chi connectivity index (χ4n) is 4.46. The van der Waals surface area contributed by atoms with Gasteiger partial charge in [-0.3, -0.25) is 9.48 Å². The summed E-state index contributed by atoms with van der Waals surface area (Å²) in [5, 5.41) is 7.18. The van der Waals surface area contributed by atoms with E-state index in [-0.39, 0.29) is 5.91 Å². The average Bonchev–Trinajstić information content (AvgIpc) is 3.19. The van der Waals surface area contributed by atoms with Crippen LogP contribution in [0.2, 0.25) is 0 Å². The van der Waals surface area contributed by atoms with E-state index in [4.69, 9.17) is 4.74 Å². The van der Waals surface area contributed by atoms with E-state index in [2.05, 4.69) is 21.4 Å². The van der Waals surface area contributed by atoms with Crippen LogP contribution < -0.4 is 15.0 Å². The molecular formula is C24H25FN4O2. The monoisotopic (exact) mass is 420 g/mol. The second-order valence-corrected chi connectivity index (χ2v) is 8.25. The lowest BCUT2D eigenvalue weighted by molar-refractivity contribution is -0.122. The van der Waals surface area contributed by atoms with Crippen molar-refractivity contribution in [3.8, 4) is 16.9 Å². The summed E-state index contributed by atoms with van der Waals surface area (Å²) in [7, 11) is 1.86. The Kier molecular flexibility index (Phi) is 4.68. The summed E-state index contributed by atoms with van der Waals surface area (Å²) in [6.07, 6.45) is 3.90. The van der Waals surface area contributed by atoms with Crippen molar-refractivity contribution < 1.29 is 13.9 Å². The molecule has 160 valence electrons. The summed E-state index contributed by atoms with van der Waals surface area (Å²) < 4.78 is 22.4. The first-order valence-electron chi connectivity index (χ1n) is 10.6. The Labute approximate surface area is 180 Å². The molecule has 0 saturated carbocycles. The van der Waals surface area contributed by atoms with Crippen molar-refractivity contribution in [2.24, 2.45) is 7.05 Å². The maximum absolute atomic E-state index is 14.7. The van der Waals surface area contributed by atoms with Crippen LogP contribution in [-0.4, -0.2) is 28.3 Å². The lowest BCUT2D eigenvalue weighted by Crippen LogP contribution is -2.35. The molecule has 2 aromatic carbocycles. The molecule has 0 aliphatic carbocycles. The predicted molar refractivity (Wildman–Crippen MR) is 119 cm³/mol. The van der Waals surface area contributed by atoms with Gasteiger partial charge in [0.05, 0.1) is 17.6 Å². The number of alkyl halides is 1. The van der Waals surface area contributed by atoms with E-state index in [1.807, 2.05) is 37.5 Å². The number of carbonyl (C=O) groups excluding carboxylic acids is 1. The molecule has 2 aliphatic rings. The number of aromatic nitrogens is 2. The van der Waals surface area contributed by atoms with Crippen LogP contribution in [0.3, 0.4) is 0 Å². The minimum absolute atomic E-state index is 0.154. The Bertz CT molecular complexity index is 1170. The average molecular weight is 420 g/mol. The number of para-hydroxylation sites is 1. The molecule has 2 atom stereocenters. The summed E-state index contributed by atoms with van der Waals surface area (Å²) in [5.41, 5.74) is 6.15. The Morgan fingerprint density at radius 2 is 2.13 bits per heavy atom. The van der Waals surface area contributed by atoms with Gasteiger partial charge in [-0.1, -0.05) is 6.07 Å². The number of benzene rings is 2. The van der Waals surface area contributed by atoms with Crippen LogP contribution in [0.1, 0.15) is 37.6 Å². The summed E-state index contributed by atoms with van der Waals surface area (Å²) in [4.78, 5) is 14.2. The van der Waals surface area contributed by atoms with Gasteiger partial charge in [0.2, 0.25) is 0 Å². The molecule has 1 N–H and O–H groups in total. The third kappa shape index (κ3) is 3.34. The molecule has 1 aromatic heterocycles. The molecule has 1 amide bonds. The summed E-state index contributed by atoms with van der Waals surface area (Å²) in [5.74, 6) is 0.506. The van der Waals surface area contributed by atoms with Crippen molar-refractivity contribution in [3.05, 3.63) is 53.9 Å². The van der Waals surface area contributed by atoms with Crippen LogP contribution >= 0.6 is 0 Å². The largest absolute Gasteiger partial charge is 0.476 e. The Morgan fingerprint density at radius 1 is 1.29 bits per heavy atom. The Hall–Kier alpha value is -3.35. The lowest BCUT2D eigenvalue weighted by atomic mass is 9.91. The number of fused-ring (bicyclic) bond motifs is 2. The van der Waals surface area contributed by atoms with Crippen LogP contribution in [0.25, 0.3) is 11.1 Å². The molecule has 3 heterocycles. The van der Waals surface area contributed by atoms with Gasteiger partial charge in [-0.05, 0) is 67.6 Å². The van der Waals surface area contributed by atoms with Gasteiger partial charge in [-0.15, -0.1) is 0 Å². The number of nitrogens with zero attached hydrogens (tertiary/aromatic N) is 3. The standard InChI is InChI=1S/C24H25FN4O2/c1-14(25)18-11-22-16(10-19(18)17-12-26-28(3)13-17)6-5-9-29(22)21-8-4-7-20-23(21)31-15(2)24(30)27-20/h4,7-8,10-15H,5-6,9H2,1-3H3,(H,27,30)/t14?,15-/m1/s1. The molecule has 1 unspecified atom stereocenters. The molecule has 0 spiro atoms. The van der Waals surface area contributed by atoms with Crippen LogP contribution in [0.5, 0.6) is 5.75 Å². The lowest BCUT2D eigenvalue weighted by Gasteiger charge is -2.35. The number of ether oxygens (including phenoxy) is 1. The van der Waals surface area contributed by atoms with Gasteiger partial charge in [-0.2, -0.15) is 5.10 Å². The van der Waals surface area contributed by atoms with Crippen molar-refractivity contribution in [3.63, 3.8) is 0 Å². The normalized spacial score (nSPS) is 18.6. The van der Waals surface area contributed by atoms with Gasteiger partial charge in [0.25, 0.3) is 5.91 Å². The smallest absolute Gasteiger partial charge is 0.265 e. The number of aryl methyl sites for hydroxylation is 2. The molecule has 0 bridgehead atoms. The summed E-state index contributed by atoms with van der Waals surface area (Å²) in [6, 6.07) is 9.81. The zero-order valence-corrected chi connectivity index (χ0v) is 17.9. The molecule has 6 nitrogen and oxygen atoms in total. The summed E-state index contributed by atoms with van der Waals surface area (Å²) >= 11 is 0. The third-order valence-corrected chi connectivity index (χ3v) is 6.02. The fraction of sp³-hybridized carbons (Fsp3) is 0.333. The van der Waals surface area contributed by atoms with Crippen molar-refractivity contribution in [2.75, 3.05) is 16.8 Å². The molecule has 0 fully saturated rings. The Morgan fingerprint density at radius 3 is 2.87 bits per heavy atom. The van der Waals surface area contributed by atoms with Crippen LogP contribution in [0, 0.1) is 0 Å². The first kappa shape index (κ1) is 19.6. The molecule has 3 aromatic rings. The highest BCUT2D eigenvalue weighted by Crippen LogP contribution is 2.46. The van der Waals surface area contributed by atoms with Gasteiger partial charge in [0.15, 0.2) is 11.9 Å². The van der Waals surface area contributed by atoms with E-state index in [0.29, 0.717) is 17.0 Å². The van der Waals surface area contributed by atoms with Gasteiger partial charge in [-0.25, -0.2) is 4.39 Å². The third-order valence-electron chi connectivity index (χ3n) is 6.02. The van der Waals surface area contributed by atoms with Crippen molar-refractivity contribution in [1.29, 1.82) is 0 Å². The maximum Gasteiger partial charge on any atom is 0.265 e. The highest BCUT2D eigenvalue weighted by Gasteiger charge is 2.30. The first-order valence-corrected chi connectivity index (χ1v) is 10.6. The highest BCUT2D eigenvalue weighted by atomic mass is 19.1. The van der Waals surface area contributed by atoms with Gasteiger partial charge in [0, 0.05) is 31.0 Å². The summed E-state index contributed by atoms with van der Waals surface area (Å²) in [6.45, 7) is 4.10. The Balaban J connectivity index is 1.64. The minimum atomic E-state index is -1.12. The number of halogens is 1. The molecule has 31 heavy (non-hydrogen) atoms. The number of hydrogen-bond donors (Lipinski definition) is 1. The van der Waals surface area contributed by atoms with Crippen molar-refractivity contribution in [2.45, 2.75) is 39.0 Å². The van der Waals surface area contributed by atoms with Gasteiger partial charge >= 0.3 is 0 Å². The van der Waals surface area contributed by atoms with E-state index in [1.54, 1.807) is 24.7 Å². The number of carbonyl (C=O) groups is 1. The highest BCUT2D eigenvalue weighted by molar-refractivity contribution is 5.99. The van der Waals surface area contributed by atoms with E-state index in [1.165, 1.54) is 5.56 Å². The SMILES string of the molecule is CC(F)c1cc2c(cc1-c1cnn(C)c1)CCCN2c1cccc2c1O[C@H](C)C(=O)N2. The van der Waals surface area contributed by atoms with E-state index in [9.17, 15) is 9.18 Å². The van der Waals surface area contributed by atoms with E-state index < -0.39 is 12.3 Å². The topological polar surface area (TPSA) is 59.4 Å². The number of hydrogen-bond acceptors (Lipinski definition) is 4.